The van der Waals surface area contributed by atoms with Gasteiger partial charge in [0.1, 0.15) is 17.1 Å². The van der Waals surface area contributed by atoms with E-state index in [1.807, 2.05) is 78.9 Å². The van der Waals surface area contributed by atoms with E-state index in [9.17, 15) is 4.79 Å². The molecule has 0 aliphatic carbocycles. The van der Waals surface area contributed by atoms with Crippen LogP contribution in [0, 0.1) is 0 Å². The predicted octanol–water partition coefficient (Wildman–Crippen LogP) is 6.44. The van der Waals surface area contributed by atoms with Crippen LogP contribution in [0.4, 0.5) is 0 Å². The zero-order valence-corrected chi connectivity index (χ0v) is 18.7. The summed E-state index contributed by atoms with van der Waals surface area (Å²) in [5, 5.41) is 0.821. The summed E-state index contributed by atoms with van der Waals surface area (Å²) in [4.78, 5) is 16.0. The highest BCUT2D eigenvalue weighted by atomic mass is 16.5. The number of furan rings is 1. The zero-order valence-electron chi connectivity index (χ0n) is 18.7. The first-order valence-electron chi connectivity index (χ1n) is 11.3. The molecule has 0 amide bonds. The second-order valence-corrected chi connectivity index (χ2v) is 7.75. The molecule has 4 rings (SSSR count). The first kappa shape index (κ1) is 21.8. The van der Waals surface area contributed by atoms with Gasteiger partial charge < -0.3 is 14.1 Å². The van der Waals surface area contributed by atoms with E-state index in [-0.39, 0.29) is 5.78 Å². The largest absolute Gasteiger partial charge is 0.494 e. The molecule has 0 fully saturated rings. The highest BCUT2D eigenvalue weighted by molar-refractivity contribution is 6.19. The van der Waals surface area contributed by atoms with Gasteiger partial charge in [-0.25, -0.2) is 0 Å². The topological polar surface area (TPSA) is 42.7 Å². The van der Waals surface area contributed by atoms with Crippen LogP contribution in [0.15, 0.2) is 83.3 Å². The molecule has 4 nitrogen and oxygen atoms in total. The molecule has 0 unspecified atom stereocenters. The Balaban J connectivity index is 1.59. The predicted molar refractivity (Wildman–Crippen MR) is 129 cm³/mol. The van der Waals surface area contributed by atoms with Gasteiger partial charge in [-0.3, -0.25) is 4.79 Å². The molecule has 32 heavy (non-hydrogen) atoms. The second kappa shape index (κ2) is 10.3. The van der Waals surface area contributed by atoms with Gasteiger partial charge >= 0.3 is 0 Å². The molecular weight excluding hydrogens is 398 g/mol. The average Bonchev–Trinajstić information content (AvgIpc) is 3.24. The van der Waals surface area contributed by atoms with E-state index < -0.39 is 0 Å². The van der Waals surface area contributed by atoms with Crippen molar-refractivity contribution in [1.82, 2.24) is 4.90 Å². The first-order valence-corrected chi connectivity index (χ1v) is 11.3. The van der Waals surface area contributed by atoms with Crippen LogP contribution in [-0.4, -0.2) is 36.9 Å². The van der Waals surface area contributed by atoms with Crippen molar-refractivity contribution in [2.75, 3.05) is 26.2 Å². The molecule has 4 heteroatoms. The Kier molecular flexibility index (Phi) is 7.03. The number of nitrogens with zero attached hydrogens (tertiary/aromatic N) is 1. The third-order valence-electron chi connectivity index (χ3n) is 5.74. The molecule has 0 saturated heterocycles. The number of hydrogen-bond donors (Lipinski definition) is 0. The minimum absolute atomic E-state index is 0.0672. The number of carbonyl (C=O) groups is 1. The van der Waals surface area contributed by atoms with Crippen molar-refractivity contribution in [3.63, 3.8) is 0 Å². The molecule has 3 aromatic carbocycles. The Morgan fingerprint density at radius 1 is 0.906 bits per heavy atom. The average molecular weight is 428 g/mol. The van der Waals surface area contributed by atoms with Gasteiger partial charge in [0.25, 0.3) is 0 Å². The van der Waals surface area contributed by atoms with Crippen LogP contribution < -0.4 is 4.74 Å². The summed E-state index contributed by atoms with van der Waals surface area (Å²) in [6.07, 6.45) is 0.949. The smallest absolute Gasteiger partial charge is 0.197 e. The highest BCUT2D eigenvalue weighted by Crippen LogP contribution is 2.35. The van der Waals surface area contributed by atoms with Crippen molar-refractivity contribution in [1.29, 1.82) is 0 Å². The quantitative estimate of drug-likeness (QED) is 0.216. The monoisotopic (exact) mass is 427 g/mol. The third kappa shape index (κ3) is 4.76. The number of carbonyl (C=O) groups excluding carboxylic acids is 1. The minimum Gasteiger partial charge on any atom is -0.494 e. The number of hydrogen-bond acceptors (Lipinski definition) is 4. The van der Waals surface area contributed by atoms with E-state index in [2.05, 4.69) is 18.7 Å². The second-order valence-electron chi connectivity index (χ2n) is 7.75. The summed E-state index contributed by atoms with van der Waals surface area (Å²) in [6.45, 7) is 8.06. The van der Waals surface area contributed by atoms with Gasteiger partial charge in [0.15, 0.2) is 5.78 Å². The Hall–Kier alpha value is -3.37. The molecule has 0 atom stereocenters. The Morgan fingerprint density at radius 3 is 2.44 bits per heavy atom. The lowest BCUT2D eigenvalue weighted by Crippen LogP contribution is -2.25. The van der Waals surface area contributed by atoms with Crippen molar-refractivity contribution in [3.05, 3.63) is 90.0 Å². The van der Waals surface area contributed by atoms with Crippen LogP contribution in [0.2, 0.25) is 0 Å². The summed E-state index contributed by atoms with van der Waals surface area (Å²) in [5.74, 6) is 1.24. The normalized spacial score (nSPS) is 11.2. The van der Waals surface area contributed by atoms with Crippen molar-refractivity contribution in [2.24, 2.45) is 0 Å². The maximum Gasteiger partial charge on any atom is 0.197 e. The van der Waals surface area contributed by atoms with Crippen LogP contribution in [0.25, 0.3) is 22.3 Å². The van der Waals surface area contributed by atoms with Crippen LogP contribution in [0.3, 0.4) is 0 Å². The molecule has 0 N–H and O–H groups in total. The molecule has 1 heterocycles. The zero-order chi connectivity index (χ0) is 22.3. The molecule has 0 aliphatic heterocycles. The van der Waals surface area contributed by atoms with Crippen molar-refractivity contribution < 1.29 is 13.9 Å². The van der Waals surface area contributed by atoms with Gasteiger partial charge in [0.2, 0.25) is 0 Å². The van der Waals surface area contributed by atoms with Gasteiger partial charge in [-0.1, -0.05) is 74.5 Å². The van der Waals surface area contributed by atoms with Gasteiger partial charge in [-0.05, 0) is 37.7 Å². The molecule has 0 bridgehead atoms. The van der Waals surface area contributed by atoms with Gasteiger partial charge in [-0.15, -0.1) is 0 Å². The van der Waals surface area contributed by atoms with E-state index in [0.29, 0.717) is 34.8 Å². The fourth-order valence-corrected chi connectivity index (χ4v) is 3.95. The summed E-state index contributed by atoms with van der Waals surface area (Å²) in [7, 11) is 0. The maximum atomic E-state index is 13.6. The van der Waals surface area contributed by atoms with E-state index in [1.54, 1.807) is 0 Å². The summed E-state index contributed by atoms with van der Waals surface area (Å²) < 4.78 is 12.1. The molecule has 1 aromatic heterocycles. The molecule has 0 aliphatic rings. The van der Waals surface area contributed by atoms with E-state index in [0.717, 1.165) is 37.0 Å². The molecule has 0 saturated carbocycles. The summed E-state index contributed by atoms with van der Waals surface area (Å²) in [6, 6.07) is 24.9. The molecule has 164 valence electrons. The maximum absolute atomic E-state index is 13.6. The van der Waals surface area contributed by atoms with E-state index >= 15 is 0 Å². The van der Waals surface area contributed by atoms with Crippen LogP contribution >= 0.6 is 0 Å². The van der Waals surface area contributed by atoms with Gasteiger partial charge in [-0.2, -0.15) is 0 Å². The van der Waals surface area contributed by atoms with Crippen LogP contribution in [0.1, 0.15) is 36.2 Å². The third-order valence-corrected chi connectivity index (χ3v) is 5.74. The fraction of sp³-hybridized carbons (Fsp3) is 0.250. The number of fused-ring (bicyclic) bond motifs is 1. The number of benzene rings is 3. The number of ether oxygens (including phenoxy) is 1. The minimum atomic E-state index is -0.0672. The van der Waals surface area contributed by atoms with E-state index in [4.69, 9.17) is 9.15 Å². The van der Waals surface area contributed by atoms with E-state index in [1.165, 1.54) is 0 Å². The van der Waals surface area contributed by atoms with Crippen molar-refractivity contribution in [2.45, 2.75) is 20.3 Å². The van der Waals surface area contributed by atoms with Crippen LogP contribution in [0.5, 0.6) is 5.75 Å². The SMILES string of the molecule is CCN(CC)CCCOc1cccc(C(=O)c2c(-c3ccccc3)oc3ccccc23)c1. The van der Waals surface area contributed by atoms with Crippen molar-refractivity contribution >= 4 is 16.8 Å². The molecule has 0 radical (unpaired) electrons. The number of ketones is 1. The standard InChI is InChI=1S/C28H29NO3/c1-3-29(4-2)18-11-19-31-23-15-10-14-22(20-23)27(30)26-24-16-8-9-17-25(24)32-28(26)21-12-6-5-7-13-21/h5-10,12-17,20H,3-4,11,18-19H2,1-2H3. The number of para-hydroxylation sites is 1. The molecule has 4 aromatic rings. The Bertz CT molecular complexity index is 1180. The lowest BCUT2D eigenvalue weighted by atomic mass is 9.97. The highest BCUT2D eigenvalue weighted by Gasteiger charge is 2.23. The lowest BCUT2D eigenvalue weighted by molar-refractivity contribution is 0.103. The Labute approximate surface area is 189 Å². The van der Waals surface area contributed by atoms with Gasteiger partial charge in [0.05, 0.1) is 12.2 Å². The fourth-order valence-electron chi connectivity index (χ4n) is 3.95. The van der Waals surface area contributed by atoms with Crippen LogP contribution in [-0.2, 0) is 0 Å². The molecule has 0 spiro atoms. The summed E-state index contributed by atoms with van der Waals surface area (Å²) >= 11 is 0. The van der Waals surface area contributed by atoms with Gasteiger partial charge in [0, 0.05) is 23.1 Å². The first-order chi connectivity index (χ1) is 15.7. The Morgan fingerprint density at radius 2 is 1.66 bits per heavy atom. The van der Waals surface area contributed by atoms with Crippen molar-refractivity contribution in [3.8, 4) is 17.1 Å². The molecular formula is C28H29NO3. The lowest BCUT2D eigenvalue weighted by Gasteiger charge is -2.17. The number of rotatable bonds is 10. The summed E-state index contributed by atoms with van der Waals surface area (Å²) in [5.41, 5.74) is 2.77.